The number of thiophene rings is 1. The lowest BCUT2D eigenvalue weighted by molar-refractivity contribution is 0.175. The number of thiazole rings is 1. The minimum Gasteiger partial charge on any atom is -0.319 e. The van der Waals surface area contributed by atoms with Crippen molar-refractivity contribution in [3.8, 4) is 10.6 Å². The highest BCUT2D eigenvalue weighted by molar-refractivity contribution is 7.14. The summed E-state index contributed by atoms with van der Waals surface area (Å²) in [5, 5.41) is 11.0. The zero-order valence-corrected chi connectivity index (χ0v) is 13.5. The van der Waals surface area contributed by atoms with Crippen LogP contribution in [0.1, 0.15) is 18.5 Å². The maximum Gasteiger partial charge on any atom is 0.124 e. The second-order valence-electron chi connectivity index (χ2n) is 5.43. The largest absolute Gasteiger partial charge is 0.319 e. The minimum atomic E-state index is 0.855. The quantitative estimate of drug-likeness (QED) is 0.918. The zero-order valence-electron chi connectivity index (χ0n) is 11.8. The van der Waals surface area contributed by atoms with Gasteiger partial charge in [-0.2, -0.15) is 11.3 Å². The van der Waals surface area contributed by atoms with E-state index in [9.17, 15) is 0 Å². The number of rotatable bonds is 5. The van der Waals surface area contributed by atoms with Crippen molar-refractivity contribution in [3.05, 3.63) is 27.9 Å². The molecule has 1 saturated heterocycles. The fraction of sp³-hybridized carbons (Fsp3) is 0.533. The average molecular weight is 307 g/mol. The Bertz CT molecular complexity index is 513. The van der Waals surface area contributed by atoms with Crippen LogP contribution in [0.2, 0.25) is 0 Å². The first-order valence-electron chi connectivity index (χ1n) is 7.19. The van der Waals surface area contributed by atoms with E-state index in [0.717, 1.165) is 24.0 Å². The highest BCUT2D eigenvalue weighted by atomic mass is 32.1. The number of hydrogen-bond acceptors (Lipinski definition) is 5. The molecule has 0 amide bonds. The molecule has 0 saturated carbocycles. The van der Waals surface area contributed by atoms with Gasteiger partial charge in [-0.25, -0.2) is 4.98 Å². The maximum absolute atomic E-state index is 4.77. The summed E-state index contributed by atoms with van der Waals surface area (Å²) in [5.41, 5.74) is 2.49. The molecule has 3 rings (SSSR count). The summed E-state index contributed by atoms with van der Waals surface area (Å²) in [6, 6.07) is 2.15. The molecule has 0 spiro atoms. The van der Waals surface area contributed by atoms with Crippen LogP contribution in [-0.4, -0.2) is 36.6 Å². The van der Waals surface area contributed by atoms with Crippen molar-refractivity contribution in [2.75, 3.05) is 26.7 Å². The molecule has 2 aromatic rings. The lowest BCUT2D eigenvalue weighted by atomic mass is 9.97. The summed E-state index contributed by atoms with van der Waals surface area (Å²) in [7, 11) is 2.05. The lowest BCUT2D eigenvalue weighted by Gasteiger charge is -2.31. The normalized spacial score (nSPS) is 17.6. The molecule has 0 atom stereocenters. The summed E-state index contributed by atoms with van der Waals surface area (Å²) in [4.78, 5) is 7.31. The standard InChI is InChI=1S/C15H21N3S2/c1-16-8-12-2-5-18(6-3-12)9-14-11-20-15(17-14)13-4-7-19-10-13/h4,7,10-12,16H,2-3,5-6,8-9H2,1H3. The van der Waals surface area contributed by atoms with Gasteiger partial charge in [-0.15, -0.1) is 11.3 Å². The van der Waals surface area contributed by atoms with Crippen LogP contribution in [0.3, 0.4) is 0 Å². The van der Waals surface area contributed by atoms with E-state index in [1.165, 1.54) is 37.2 Å². The molecule has 3 nitrogen and oxygen atoms in total. The first-order chi connectivity index (χ1) is 9.85. The van der Waals surface area contributed by atoms with Crippen LogP contribution in [-0.2, 0) is 6.54 Å². The molecule has 3 heterocycles. The Morgan fingerprint density at radius 1 is 1.35 bits per heavy atom. The van der Waals surface area contributed by atoms with E-state index >= 15 is 0 Å². The Morgan fingerprint density at radius 3 is 2.90 bits per heavy atom. The van der Waals surface area contributed by atoms with Gasteiger partial charge in [0.25, 0.3) is 0 Å². The molecular formula is C15H21N3S2. The molecule has 0 unspecified atom stereocenters. The van der Waals surface area contributed by atoms with Crippen LogP contribution >= 0.6 is 22.7 Å². The van der Waals surface area contributed by atoms with Gasteiger partial charge in [0.2, 0.25) is 0 Å². The molecule has 1 aliphatic rings. The van der Waals surface area contributed by atoms with Crippen molar-refractivity contribution in [1.29, 1.82) is 0 Å². The number of nitrogens with one attached hydrogen (secondary N) is 1. The smallest absolute Gasteiger partial charge is 0.124 e. The minimum absolute atomic E-state index is 0.855. The van der Waals surface area contributed by atoms with Gasteiger partial charge in [-0.1, -0.05) is 0 Å². The van der Waals surface area contributed by atoms with Gasteiger partial charge < -0.3 is 5.32 Å². The van der Waals surface area contributed by atoms with Gasteiger partial charge in [-0.3, -0.25) is 4.90 Å². The fourth-order valence-corrected chi connectivity index (χ4v) is 4.29. The Kier molecular flexibility index (Phi) is 4.83. The van der Waals surface area contributed by atoms with Crippen LogP contribution in [0.5, 0.6) is 0 Å². The summed E-state index contributed by atoms with van der Waals surface area (Å²) >= 11 is 3.50. The van der Waals surface area contributed by atoms with Gasteiger partial charge in [0.1, 0.15) is 5.01 Å². The average Bonchev–Trinajstić information content (AvgIpc) is 3.12. The van der Waals surface area contributed by atoms with Gasteiger partial charge in [-0.05, 0) is 56.9 Å². The van der Waals surface area contributed by atoms with E-state index < -0.39 is 0 Å². The third-order valence-electron chi connectivity index (χ3n) is 3.91. The predicted octanol–water partition coefficient (Wildman–Crippen LogP) is 3.30. The van der Waals surface area contributed by atoms with E-state index in [0.29, 0.717) is 0 Å². The predicted molar refractivity (Wildman–Crippen MR) is 87.4 cm³/mol. The molecule has 20 heavy (non-hydrogen) atoms. The summed E-state index contributed by atoms with van der Waals surface area (Å²) in [5.74, 6) is 0.855. The van der Waals surface area contributed by atoms with Gasteiger partial charge in [0.15, 0.2) is 0 Å². The van der Waals surface area contributed by atoms with Crippen LogP contribution in [0.4, 0.5) is 0 Å². The van der Waals surface area contributed by atoms with Crippen LogP contribution in [0, 0.1) is 5.92 Å². The summed E-state index contributed by atoms with van der Waals surface area (Å²) in [6.07, 6.45) is 2.62. The van der Waals surface area contributed by atoms with Crippen molar-refractivity contribution in [3.63, 3.8) is 0 Å². The third-order valence-corrected chi connectivity index (χ3v) is 5.53. The summed E-state index contributed by atoms with van der Waals surface area (Å²) < 4.78 is 0. The van der Waals surface area contributed by atoms with Crippen LogP contribution in [0.15, 0.2) is 22.2 Å². The number of hydrogen-bond donors (Lipinski definition) is 1. The highest BCUT2D eigenvalue weighted by Crippen LogP contribution is 2.26. The lowest BCUT2D eigenvalue weighted by Crippen LogP contribution is -2.36. The Hall–Kier alpha value is -0.750. The molecule has 2 aromatic heterocycles. The Labute approximate surface area is 128 Å². The molecule has 5 heteroatoms. The summed E-state index contributed by atoms with van der Waals surface area (Å²) in [6.45, 7) is 4.58. The molecule has 1 fully saturated rings. The molecule has 0 bridgehead atoms. The van der Waals surface area contributed by atoms with Crippen molar-refractivity contribution < 1.29 is 0 Å². The molecule has 0 aliphatic carbocycles. The second-order valence-corrected chi connectivity index (χ2v) is 7.07. The Balaban J connectivity index is 1.54. The van der Waals surface area contributed by atoms with Crippen molar-refractivity contribution in [2.24, 2.45) is 5.92 Å². The van der Waals surface area contributed by atoms with E-state index in [4.69, 9.17) is 4.98 Å². The van der Waals surface area contributed by atoms with Crippen molar-refractivity contribution in [2.45, 2.75) is 19.4 Å². The first-order valence-corrected chi connectivity index (χ1v) is 9.01. The van der Waals surface area contributed by atoms with E-state index in [-0.39, 0.29) is 0 Å². The number of piperidine rings is 1. The first kappa shape index (κ1) is 14.2. The molecular weight excluding hydrogens is 286 g/mol. The zero-order chi connectivity index (χ0) is 13.8. The Morgan fingerprint density at radius 2 is 2.20 bits per heavy atom. The second kappa shape index (κ2) is 6.80. The topological polar surface area (TPSA) is 28.2 Å². The van der Waals surface area contributed by atoms with Gasteiger partial charge in [0, 0.05) is 22.9 Å². The van der Waals surface area contributed by atoms with E-state index in [1.807, 2.05) is 7.05 Å². The van der Waals surface area contributed by atoms with Gasteiger partial charge >= 0.3 is 0 Å². The van der Waals surface area contributed by atoms with Crippen LogP contribution < -0.4 is 5.32 Å². The van der Waals surface area contributed by atoms with Crippen LogP contribution in [0.25, 0.3) is 10.6 Å². The number of nitrogens with zero attached hydrogens (tertiary/aromatic N) is 2. The van der Waals surface area contributed by atoms with E-state index in [1.54, 1.807) is 22.7 Å². The molecule has 1 aliphatic heterocycles. The molecule has 1 N–H and O–H groups in total. The maximum atomic E-state index is 4.77. The third kappa shape index (κ3) is 3.47. The monoisotopic (exact) mass is 307 g/mol. The SMILES string of the molecule is CNCC1CCN(Cc2csc(-c3ccsc3)n2)CC1. The molecule has 108 valence electrons. The number of aromatic nitrogens is 1. The van der Waals surface area contributed by atoms with Crippen molar-refractivity contribution >= 4 is 22.7 Å². The molecule has 0 aromatic carbocycles. The highest BCUT2D eigenvalue weighted by Gasteiger charge is 2.19. The number of likely N-dealkylation sites (tertiary alicyclic amines) is 1. The van der Waals surface area contributed by atoms with Gasteiger partial charge in [0.05, 0.1) is 5.69 Å². The molecule has 0 radical (unpaired) electrons. The van der Waals surface area contributed by atoms with E-state index in [2.05, 4.69) is 32.4 Å². The van der Waals surface area contributed by atoms with Crippen molar-refractivity contribution in [1.82, 2.24) is 15.2 Å². The fourth-order valence-electron chi connectivity index (χ4n) is 2.76.